The second-order valence-electron chi connectivity index (χ2n) is 7.47. The average molecular weight is 426 g/mol. The molecule has 0 bridgehead atoms. The number of piperidine rings is 1. The topological polar surface area (TPSA) is 78.6 Å². The van der Waals surface area contributed by atoms with Gasteiger partial charge in [-0.3, -0.25) is 9.36 Å². The molecule has 11 heteroatoms. The molecule has 2 atom stereocenters. The molecule has 2 aliphatic heterocycles. The Kier molecular flexibility index (Phi) is 4.99. The Balaban J connectivity index is 1.44. The first-order valence-corrected chi connectivity index (χ1v) is 9.60. The van der Waals surface area contributed by atoms with Crippen molar-refractivity contribution in [1.29, 1.82) is 0 Å². The number of amides is 1. The van der Waals surface area contributed by atoms with E-state index in [1.165, 1.54) is 0 Å². The van der Waals surface area contributed by atoms with E-state index in [9.17, 15) is 22.8 Å². The quantitative estimate of drug-likeness (QED) is 0.734. The minimum atomic E-state index is -4.71. The summed E-state index contributed by atoms with van der Waals surface area (Å²) >= 11 is 0. The summed E-state index contributed by atoms with van der Waals surface area (Å²) in [5.41, 5.74) is -0.818. The Labute approximate surface area is 169 Å². The van der Waals surface area contributed by atoms with Gasteiger partial charge in [0.25, 0.3) is 5.91 Å². The lowest BCUT2D eigenvalue weighted by atomic mass is 10.0. The van der Waals surface area contributed by atoms with E-state index >= 15 is 0 Å². The molecule has 1 amide bonds. The van der Waals surface area contributed by atoms with E-state index in [1.54, 1.807) is 30.0 Å². The number of carbonyl (C=O) groups excluding carboxylic acids is 1. The molecule has 3 heterocycles. The number of hydrogen-bond donors (Lipinski definition) is 0. The molecule has 162 valence electrons. The van der Waals surface area contributed by atoms with E-state index in [4.69, 9.17) is 9.47 Å². The zero-order valence-corrected chi connectivity index (χ0v) is 16.4. The number of halogens is 3. The molecule has 4 rings (SSSR count). The maximum atomic E-state index is 13.0. The van der Waals surface area contributed by atoms with Crippen molar-refractivity contribution >= 4 is 5.91 Å². The number of alkyl halides is 3. The molecule has 1 aromatic carbocycles. The summed E-state index contributed by atoms with van der Waals surface area (Å²) in [5, 5.41) is 3.50. The van der Waals surface area contributed by atoms with Gasteiger partial charge in [-0.2, -0.15) is 13.2 Å². The van der Waals surface area contributed by atoms with Gasteiger partial charge in [-0.1, -0.05) is 12.1 Å². The molecule has 1 saturated heterocycles. The Bertz CT molecular complexity index is 1010. The number of nitrogens with zero attached hydrogens (tertiary/aromatic N) is 4. The molecule has 0 N–H and O–H groups in total. The number of ether oxygens (including phenoxy) is 2. The number of aromatic nitrogens is 3. The first-order chi connectivity index (χ1) is 14.2. The van der Waals surface area contributed by atoms with Crippen molar-refractivity contribution in [2.75, 3.05) is 13.1 Å². The van der Waals surface area contributed by atoms with Gasteiger partial charge in [0.2, 0.25) is 11.9 Å². The normalized spacial score (nSPS) is 22.2. The highest BCUT2D eigenvalue weighted by molar-refractivity contribution is 5.82. The van der Waals surface area contributed by atoms with Gasteiger partial charge < -0.3 is 14.4 Å². The number of carbonyl (C=O) groups is 1. The average Bonchev–Trinajstić information content (AvgIpc) is 3.02. The van der Waals surface area contributed by atoms with Crippen LogP contribution in [-0.2, 0) is 18.0 Å². The summed E-state index contributed by atoms with van der Waals surface area (Å²) in [6.45, 7) is 2.31. The van der Waals surface area contributed by atoms with E-state index < -0.39 is 35.9 Å². The van der Waals surface area contributed by atoms with E-state index in [-0.39, 0.29) is 19.0 Å². The number of para-hydroxylation sites is 2. The van der Waals surface area contributed by atoms with Crippen LogP contribution in [0, 0.1) is 0 Å². The second-order valence-corrected chi connectivity index (χ2v) is 7.47. The van der Waals surface area contributed by atoms with Crippen molar-refractivity contribution in [3.8, 4) is 11.5 Å². The lowest BCUT2D eigenvalue weighted by Crippen LogP contribution is -2.52. The van der Waals surface area contributed by atoms with E-state index in [1.807, 2.05) is 6.07 Å². The lowest BCUT2D eigenvalue weighted by Gasteiger charge is -2.37. The molecule has 2 aliphatic rings. The Morgan fingerprint density at radius 2 is 1.73 bits per heavy atom. The molecular formula is C19H21F3N4O4. The number of fused-ring (bicyclic) bond motifs is 1. The molecule has 1 fully saturated rings. The summed E-state index contributed by atoms with van der Waals surface area (Å²) in [6, 6.07) is 6.57. The molecule has 8 nitrogen and oxygen atoms in total. The van der Waals surface area contributed by atoms with Crippen LogP contribution in [0.1, 0.15) is 31.6 Å². The largest absolute Gasteiger partial charge is 0.482 e. The predicted octanol–water partition coefficient (Wildman–Crippen LogP) is 1.99. The number of rotatable bonds is 2. The van der Waals surface area contributed by atoms with Gasteiger partial charge in [0.15, 0.2) is 11.5 Å². The Morgan fingerprint density at radius 1 is 1.13 bits per heavy atom. The molecule has 2 unspecified atom stereocenters. The van der Waals surface area contributed by atoms with Gasteiger partial charge in [0, 0.05) is 20.1 Å². The summed E-state index contributed by atoms with van der Waals surface area (Å²) in [4.78, 5) is 26.8. The van der Waals surface area contributed by atoms with Crippen LogP contribution < -0.4 is 15.2 Å². The van der Waals surface area contributed by atoms with Crippen LogP contribution in [-0.4, -0.2) is 50.5 Å². The van der Waals surface area contributed by atoms with E-state index in [0.717, 1.165) is 11.7 Å². The Hall–Kier alpha value is -2.98. The summed E-state index contributed by atoms with van der Waals surface area (Å²) in [7, 11) is 1.05. The maximum absolute atomic E-state index is 13.0. The van der Waals surface area contributed by atoms with Gasteiger partial charge >= 0.3 is 11.9 Å². The van der Waals surface area contributed by atoms with Crippen molar-refractivity contribution < 1.29 is 27.4 Å². The van der Waals surface area contributed by atoms with Crippen LogP contribution in [0.4, 0.5) is 13.2 Å². The van der Waals surface area contributed by atoms with Crippen LogP contribution in [0.2, 0.25) is 0 Å². The summed E-state index contributed by atoms with van der Waals surface area (Å²) < 4.78 is 52.0. The van der Waals surface area contributed by atoms with Crippen molar-refractivity contribution in [3.63, 3.8) is 0 Å². The van der Waals surface area contributed by atoms with Gasteiger partial charge in [-0.15, -0.1) is 5.10 Å². The SMILES string of the molecule is CC1Oc2ccccc2OC1C(=O)N1CCC(n2nc(C(F)(F)F)n(C)c2=O)CC1. The smallest absolute Gasteiger partial charge is 0.451 e. The third-order valence-corrected chi connectivity index (χ3v) is 5.46. The number of hydrogen-bond acceptors (Lipinski definition) is 5. The fourth-order valence-corrected chi connectivity index (χ4v) is 3.84. The molecule has 2 aromatic rings. The zero-order chi connectivity index (χ0) is 21.6. The number of benzene rings is 1. The monoisotopic (exact) mass is 426 g/mol. The molecule has 0 aliphatic carbocycles. The number of likely N-dealkylation sites (tertiary alicyclic amines) is 1. The molecule has 0 saturated carbocycles. The standard InChI is InChI=1S/C19H21F3N4O4/c1-11-15(30-14-6-4-3-5-13(14)29-11)16(27)25-9-7-12(8-10-25)26-18(28)24(2)17(23-26)19(20,21)22/h3-6,11-12,15H,7-10H2,1-2H3. The van der Waals surface area contributed by atoms with E-state index in [0.29, 0.717) is 28.9 Å². The van der Waals surface area contributed by atoms with Crippen LogP contribution in [0.5, 0.6) is 11.5 Å². The van der Waals surface area contributed by atoms with Crippen molar-refractivity contribution in [1.82, 2.24) is 19.2 Å². The van der Waals surface area contributed by atoms with Crippen LogP contribution >= 0.6 is 0 Å². The van der Waals surface area contributed by atoms with Crippen molar-refractivity contribution in [3.05, 3.63) is 40.6 Å². The van der Waals surface area contributed by atoms with Gasteiger partial charge in [-0.05, 0) is 31.9 Å². The third kappa shape index (κ3) is 3.52. The minimum Gasteiger partial charge on any atom is -0.482 e. The van der Waals surface area contributed by atoms with Crippen LogP contribution in [0.25, 0.3) is 0 Å². The summed E-state index contributed by atoms with van der Waals surface area (Å²) in [5.74, 6) is -0.419. The molecule has 30 heavy (non-hydrogen) atoms. The predicted molar refractivity (Wildman–Crippen MR) is 98.3 cm³/mol. The fraction of sp³-hybridized carbons (Fsp3) is 0.526. The summed E-state index contributed by atoms with van der Waals surface area (Å²) in [6.07, 6.45) is -5.37. The highest BCUT2D eigenvalue weighted by Crippen LogP contribution is 2.34. The first kappa shape index (κ1) is 20.3. The third-order valence-electron chi connectivity index (χ3n) is 5.46. The van der Waals surface area contributed by atoms with Crippen molar-refractivity contribution in [2.24, 2.45) is 7.05 Å². The van der Waals surface area contributed by atoms with Gasteiger partial charge in [0.05, 0.1) is 6.04 Å². The Morgan fingerprint density at radius 3 is 2.30 bits per heavy atom. The fourth-order valence-electron chi connectivity index (χ4n) is 3.84. The van der Waals surface area contributed by atoms with Gasteiger partial charge in [0.1, 0.15) is 6.10 Å². The zero-order valence-electron chi connectivity index (χ0n) is 16.4. The second kappa shape index (κ2) is 7.37. The lowest BCUT2D eigenvalue weighted by molar-refractivity contribution is -0.147. The minimum absolute atomic E-state index is 0.250. The van der Waals surface area contributed by atoms with Crippen LogP contribution in [0.3, 0.4) is 0 Å². The maximum Gasteiger partial charge on any atom is 0.451 e. The van der Waals surface area contributed by atoms with Gasteiger partial charge in [-0.25, -0.2) is 9.48 Å². The first-order valence-electron chi connectivity index (χ1n) is 9.60. The molecule has 0 spiro atoms. The highest BCUT2D eigenvalue weighted by Gasteiger charge is 2.41. The van der Waals surface area contributed by atoms with Crippen LogP contribution in [0.15, 0.2) is 29.1 Å². The van der Waals surface area contributed by atoms with Crippen molar-refractivity contribution in [2.45, 2.75) is 44.2 Å². The highest BCUT2D eigenvalue weighted by atomic mass is 19.4. The van der Waals surface area contributed by atoms with E-state index in [2.05, 4.69) is 5.10 Å². The molecule has 0 radical (unpaired) electrons. The molecular weight excluding hydrogens is 405 g/mol. The molecule has 1 aromatic heterocycles.